The van der Waals surface area contributed by atoms with Gasteiger partial charge in [0.25, 0.3) is 0 Å². The molecule has 0 saturated heterocycles. The lowest BCUT2D eigenvalue weighted by Crippen LogP contribution is -1.93. The van der Waals surface area contributed by atoms with Crippen molar-refractivity contribution in [2.45, 2.75) is 6.42 Å². The summed E-state index contributed by atoms with van der Waals surface area (Å²) in [5.74, 6) is 0. The Morgan fingerprint density at radius 2 is 2.36 bits per heavy atom. The van der Waals surface area contributed by atoms with Gasteiger partial charge >= 0.3 is 0 Å². The van der Waals surface area contributed by atoms with E-state index >= 15 is 0 Å². The van der Waals surface area contributed by atoms with Crippen molar-refractivity contribution >= 4 is 11.3 Å². The quantitative estimate of drug-likeness (QED) is 0.689. The zero-order chi connectivity index (χ0) is 7.68. The van der Waals surface area contributed by atoms with E-state index in [1.54, 1.807) is 0 Å². The second-order valence-electron chi connectivity index (χ2n) is 2.58. The van der Waals surface area contributed by atoms with Gasteiger partial charge in [0.2, 0.25) is 0 Å². The molecule has 0 atom stereocenters. The fourth-order valence-corrected chi connectivity index (χ4v) is 1.11. The molecule has 1 aliphatic rings. The minimum atomic E-state index is 1.10. The molecule has 1 aromatic rings. The van der Waals surface area contributed by atoms with Gasteiger partial charge in [-0.05, 0) is 24.1 Å². The molecular weight excluding hydrogens is 136 g/mol. The zero-order valence-electron chi connectivity index (χ0n) is 6.46. The summed E-state index contributed by atoms with van der Waals surface area (Å²) in [6.07, 6.45) is 5.12. The summed E-state index contributed by atoms with van der Waals surface area (Å²) >= 11 is 0. The van der Waals surface area contributed by atoms with E-state index in [0.717, 1.165) is 17.8 Å². The monoisotopic (exact) mass is 146 g/mol. The molecular formula is C9H10N2. The van der Waals surface area contributed by atoms with E-state index < -0.39 is 0 Å². The molecule has 1 N–H and O–H groups in total. The minimum absolute atomic E-state index is 1.10. The second-order valence-corrected chi connectivity index (χ2v) is 2.58. The van der Waals surface area contributed by atoms with Crippen LogP contribution in [0.5, 0.6) is 0 Å². The van der Waals surface area contributed by atoms with Gasteiger partial charge in [-0.15, -0.1) is 0 Å². The van der Waals surface area contributed by atoms with Crippen LogP contribution in [0.4, 0.5) is 5.69 Å². The highest BCUT2D eigenvalue weighted by atomic mass is 14.9. The Balaban J connectivity index is 2.43. The molecule has 0 fully saturated rings. The number of hydrogen-bond donors (Lipinski definition) is 1. The molecule has 0 bridgehead atoms. The molecule has 0 saturated carbocycles. The van der Waals surface area contributed by atoms with Crippen molar-refractivity contribution in [3.63, 3.8) is 0 Å². The Morgan fingerprint density at radius 1 is 1.55 bits per heavy atom. The van der Waals surface area contributed by atoms with E-state index in [9.17, 15) is 0 Å². The maximum absolute atomic E-state index is 4.28. The normalized spacial score (nSPS) is 14.1. The summed E-state index contributed by atoms with van der Waals surface area (Å²) in [7, 11) is 1.92. The molecule has 0 spiro atoms. The zero-order valence-corrected chi connectivity index (χ0v) is 6.46. The number of anilines is 1. The fourth-order valence-electron chi connectivity index (χ4n) is 1.11. The van der Waals surface area contributed by atoms with Crippen LogP contribution in [0.2, 0.25) is 0 Å². The largest absolute Gasteiger partial charge is 0.386 e. The Bertz CT molecular complexity index is 302. The Labute approximate surface area is 66.0 Å². The maximum Gasteiger partial charge on any atom is 0.0892 e. The number of rotatable bonds is 2. The van der Waals surface area contributed by atoms with E-state index in [2.05, 4.69) is 16.4 Å². The fraction of sp³-hybridized carbons (Fsp3) is 0.222. The Kier molecular flexibility index (Phi) is 1.39. The SMILES string of the molecule is CNc1cccnc1C1=CC1. The second kappa shape index (κ2) is 2.38. The van der Waals surface area contributed by atoms with E-state index in [1.807, 2.05) is 25.4 Å². The van der Waals surface area contributed by atoms with Crippen LogP contribution in [0.25, 0.3) is 5.57 Å². The van der Waals surface area contributed by atoms with Gasteiger partial charge < -0.3 is 5.32 Å². The van der Waals surface area contributed by atoms with E-state index in [-0.39, 0.29) is 0 Å². The van der Waals surface area contributed by atoms with Gasteiger partial charge in [0.1, 0.15) is 0 Å². The van der Waals surface area contributed by atoms with Gasteiger partial charge in [0.05, 0.1) is 11.4 Å². The summed E-state index contributed by atoms with van der Waals surface area (Å²) in [5.41, 5.74) is 3.58. The summed E-state index contributed by atoms with van der Waals surface area (Å²) in [6, 6.07) is 3.99. The van der Waals surface area contributed by atoms with Crippen LogP contribution in [0.3, 0.4) is 0 Å². The first kappa shape index (κ1) is 6.40. The standard InChI is InChI=1S/C9H10N2/c1-10-8-3-2-6-11-9(8)7-4-5-7/h2-4,6,10H,5H2,1H3. The molecule has 2 heteroatoms. The molecule has 2 nitrogen and oxygen atoms in total. The summed E-state index contributed by atoms with van der Waals surface area (Å²) in [4.78, 5) is 4.28. The summed E-state index contributed by atoms with van der Waals surface area (Å²) in [6.45, 7) is 0. The van der Waals surface area contributed by atoms with Crippen LogP contribution >= 0.6 is 0 Å². The van der Waals surface area contributed by atoms with Crippen molar-refractivity contribution in [2.24, 2.45) is 0 Å². The average molecular weight is 146 g/mol. The van der Waals surface area contributed by atoms with Crippen molar-refractivity contribution in [1.82, 2.24) is 4.98 Å². The Hall–Kier alpha value is -1.31. The lowest BCUT2D eigenvalue weighted by molar-refractivity contribution is 1.26. The first-order valence-electron chi connectivity index (χ1n) is 3.74. The molecule has 11 heavy (non-hydrogen) atoms. The first-order valence-corrected chi connectivity index (χ1v) is 3.74. The highest BCUT2D eigenvalue weighted by Crippen LogP contribution is 2.33. The van der Waals surface area contributed by atoms with Gasteiger partial charge in [0.15, 0.2) is 0 Å². The van der Waals surface area contributed by atoms with Gasteiger partial charge in [-0.25, -0.2) is 0 Å². The van der Waals surface area contributed by atoms with Crippen LogP contribution in [0.1, 0.15) is 12.1 Å². The van der Waals surface area contributed by atoms with Gasteiger partial charge in [-0.3, -0.25) is 4.98 Å². The smallest absolute Gasteiger partial charge is 0.0892 e. The molecule has 0 aliphatic heterocycles. The number of hydrogen-bond acceptors (Lipinski definition) is 2. The third-order valence-corrected chi connectivity index (χ3v) is 1.79. The van der Waals surface area contributed by atoms with Crippen molar-refractivity contribution in [2.75, 3.05) is 12.4 Å². The number of nitrogens with zero attached hydrogens (tertiary/aromatic N) is 1. The summed E-state index contributed by atoms with van der Waals surface area (Å²) in [5, 5.41) is 3.11. The van der Waals surface area contributed by atoms with Crippen LogP contribution in [0.15, 0.2) is 24.4 Å². The van der Waals surface area contributed by atoms with Crippen molar-refractivity contribution in [1.29, 1.82) is 0 Å². The maximum atomic E-state index is 4.28. The highest BCUT2D eigenvalue weighted by molar-refractivity contribution is 5.82. The third kappa shape index (κ3) is 1.11. The van der Waals surface area contributed by atoms with Gasteiger partial charge in [-0.2, -0.15) is 0 Å². The van der Waals surface area contributed by atoms with Gasteiger partial charge in [-0.1, -0.05) is 6.08 Å². The molecule has 1 heterocycles. The molecule has 56 valence electrons. The third-order valence-electron chi connectivity index (χ3n) is 1.79. The van der Waals surface area contributed by atoms with Crippen molar-refractivity contribution in [3.8, 4) is 0 Å². The predicted octanol–water partition coefficient (Wildman–Crippen LogP) is 1.91. The number of aromatic nitrogens is 1. The molecule has 1 aliphatic carbocycles. The van der Waals surface area contributed by atoms with E-state index in [4.69, 9.17) is 0 Å². The lowest BCUT2D eigenvalue weighted by atomic mass is 10.2. The lowest BCUT2D eigenvalue weighted by Gasteiger charge is -2.02. The van der Waals surface area contributed by atoms with Gasteiger partial charge in [0, 0.05) is 13.2 Å². The van der Waals surface area contributed by atoms with E-state index in [0.29, 0.717) is 0 Å². The molecule has 0 amide bonds. The topological polar surface area (TPSA) is 24.9 Å². The van der Waals surface area contributed by atoms with Crippen LogP contribution in [-0.2, 0) is 0 Å². The summed E-state index contributed by atoms with van der Waals surface area (Å²) < 4.78 is 0. The molecule has 0 radical (unpaired) electrons. The van der Waals surface area contributed by atoms with Crippen LogP contribution in [0, 0.1) is 0 Å². The Morgan fingerprint density at radius 3 is 3.00 bits per heavy atom. The molecule has 1 aromatic heterocycles. The molecule has 0 aromatic carbocycles. The van der Waals surface area contributed by atoms with E-state index in [1.165, 1.54) is 5.57 Å². The number of pyridine rings is 1. The predicted molar refractivity (Wildman–Crippen MR) is 46.4 cm³/mol. The van der Waals surface area contributed by atoms with Crippen LogP contribution in [-0.4, -0.2) is 12.0 Å². The molecule has 2 rings (SSSR count). The minimum Gasteiger partial charge on any atom is -0.386 e. The highest BCUT2D eigenvalue weighted by Gasteiger charge is 2.14. The number of allylic oxidation sites excluding steroid dienone is 2. The first-order chi connectivity index (χ1) is 5.42. The van der Waals surface area contributed by atoms with Crippen LogP contribution < -0.4 is 5.32 Å². The number of nitrogens with one attached hydrogen (secondary N) is 1. The van der Waals surface area contributed by atoms with Crippen molar-refractivity contribution < 1.29 is 0 Å². The average Bonchev–Trinajstić information content (AvgIpc) is 2.87. The van der Waals surface area contributed by atoms with Crippen molar-refractivity contribution in [3.05, 3.63) is 30.1 Å². The molecule has 0 unspecified atom stereocenters.